The van der Waals surface area contributed by atoms with Gasteiger partial charge in [0.2, 0.25) is 0 Å². The van der Waals surface area contributed by atoms with E-state index < -0.39 is 0 Å². The summed E-state index contributed by atoms with van der Waals surface area (Å²) in [4.78, 5) is 4.91. The number of benzene rings is 1. The molecule has 0 aliphatic carbocycles. The number of nitrogens with zero attached hydrogens (tertiary/aromatic N) is 1. The molecule has 0 atom stereocenters. The van der Waals surface area contributed by atoms with Crippen molar-refractivity contribution in [2.75, 3.05) is 0 Å². The fraction of sp³-hybridized carbons (Fsp3) is 0.588. The molecule has 0 radical (unpaired) electrons. The number of hydrogen-bond acceptors (Lipinski definition) is 1. The van der Waals surface area contributed by atoms with E-state index in [1.807, 2.05) is 0 Å². The third-order valence-corrected chi connectivity index (χ3v) is 4.32. The Balaban J connectivity index is 2.67. The van der Waals surface area contributed by atoms with Crippen LogP contribution in [0, 0.1) is 26.7 Å². The van der Waals surface area contributed by atoms with Crippen molar-refractivity contribution in [3.63, 3.8) is 0 Å². The average Bonchev–Trinajstić information content (AvgIpc) is 2.71. The Bertz CT molecular complexity index is 519. The molecule has 0 saturated heterocycles. The maximum Gasteiger partial charge on any atom is 0.0699 e. The van der Waals surface area contributed by atoms with Crippen LogP contribution in [-0.4, -0.2) is 5.71 Å². The molecule has 2 rings (SSSR count). The van der Waals surface area contributed by atoms with E-state index in [0.29, 0.717) is 11.8 Å². The zero-order valence-corrected chi connectivity index (χ0v) is 12.8. The molecule has 1 aliphatic heterocycles. The molecule has 0 aromatic heterocycles. The Morgan fingerprint density at radius 3 is 1.94 bits per heavy atom. The first-order chi connectivity index (χ1) is 8.34. The smallest absolute Gasteiger partial charge is 0.0699 e. The van der Waals surface area contributed by atoms with Crippen molar-refractivity contribution in [2.24, 2.45) is 10.9 Å². The van der Waals surface area contributed by atoms with Gasteiger partial charge < -0.3 is 0 Å². The normalized spacial score (nSPS) is 14.4. The lowest BCUT2D eigenvalue weighted by Gasteiger charge is -2.19. The first-order valence-corrected chi connectivity index (χ1v) is 7.04. The van der Waals surface area contributed by atoms with Gasteiger partial charge in [-0.1, -0.05) is 27.7 Å². The van der Waals surface area contributed by atoms with Gasteiger partial charge in [0.25, 0.3) is 0 Å². The lowest BCUT2D eigenvalue weighted by molar-refractivity contribution is 0.842. The van der Waals surface area contributed by atoms with Gasteiger partial charge in [0.05, 0.1) is 5.69 Å². The van der Waals surface area contributed by atoms with E-state index in [4.69, 9.17) is 4.99 Å². The zero-order valence-electron chi connectivity index (χ0n) is 12.8. The van der Waals surface area contributed by atoms with Crippen LogP contribution in [-0.2, 0) is 6.42 Å². The van der Waals surface area contributed by atoms with Gasteiger partial charge in [-0.2, -0.15) is 0 Å². The van der Waals surface area contributed by atoms with Crippen molar-refractivity contribution in [1.82, 2.24) is 0 Å². The topological polar surface area (TPSA) is 12.4 Å². The summed E-state index contributed by atoms with van der Waals surface area (Å²) in [7, 11) is 0. The Labute approximate surface area is 111 Å². The first-order valence-electron chi connectivity index (χ1n) is 7.04. The van der Waals surface area contributed by atoms with Crippen LogP contribution in [0.15, 0.2) is 4.99 Å². The molecule has 0 unspecified atom stereocenters. The molecule has 0 amide bonds. The SMILES string of the molecule is Cc1c(C)c(C(C)C)c(C)c2c1CC(C(C)C)=N2. The van der Waals surface area contributed by atoms with Gasteiger partial charge in [0.1, 0.15) is 0 Å². The highest BCUT2D eigenvalue weighted by atomic mass is 14.8. The molecule has 1 aliphatic rings. The molecule has 1 aromatic rings. The first kappa shape index (κ1) is 13.3. The van der Waals surface area contributed by atoms with Gasteiger partial charge in [0, 0.05) is 12.1 Å². The van der Waals surface area contributed by atoms with Crippen LogP contribution in [0.4, 0.5) is 5.69 Å². The molecule has 0 spiro atoms. The molecule has 1 heteroatoms. The predicted molar refractivity (Wildman–Crippen MR) is 80.4 cm³/mol. The standard InChI is InChI=1S/C17H25N/c1-9(2)15-8-14-11(5)12(6)16(10(3)4)13(7)17(14)18-15/h9-10H,8H2,1-7H3. The van der Waals surface area contributed by atoms with Gasteiger partial charge in [-0.3, -0.25) is 4.99 Å². The highest BCUT2D eigenvalue weighted by molar-refractivity contribution is 5.96. The van der Waals surface area contributed by atoms with E-state index in [1.165, 1.54) is 39.2 Å². The molecule has 0 bridgehead atoms. The zero-order chi connectivity index (χ0) is 13.6. The maximum absolute atomic E-state index is 4.91. The monoisotopic (exact) mass is 243 g/mol. The third-order valence-electron chi connectivity index (χ3n) is 4.32. The Morgan fingerprint density at radius 2 is 1.44 bits per heavy atom. The van der Waals surface area contributed by atoms with Crippen molar-refractivity contribution in [1.29, 1.82) is 0 Å². The molecular weight excluding hydrogens is 218 g/mol. The van der Waals surface area contributed by atoms with Gasteiger partial charge in [0.15, 0.2) is 0 Å². The molecule has 18 heavy (non-hydrogen) atoms. The average molecular weight is 243 g/mol. The van der Waals surface area contributed by atoms with Crippen LogP contribution in [0.3, 0.4) is 0 Å². The number of rotatable bonds is 2. The largest absolute Gasteiger partial charge is 0.257 e. The minimum absolute atomic E-state index is 0.555. The van der Waals surface area contributed by atoms with Gasteiger partial charge >= 0.3 is 0 Å². The fourth-order valence-electron chi connectivity index (χ4n) is 3.17. The van der Waals surface area contributed by atoms with E-state index in [0.717, 1.165) is 6.42 Å². The molecule has 1 heterocycles. The Morgan fingerprint density at radius 1 is 0.833 bits per heavy atom. The van der Waals surface area contributed by atoms with Gasteiger partial charge in [-0.15, -0.1) is 0 Å². The molecule has 0 N–H and O–H groups in total. The molecule has 1 aromatic carbocycles. The summed E-state index contributed by atoms with van der Waals surface area (Å²) in [6.45, 7) is 15.8. The van der Waals surface area contributed by atoms with Crippen molar-refractivity contribution < 1.29 is 0 Å². The fourth-order valence-corrected chi connectivity index (χ4v) is 3.17. The van der Waals surface area contributed by atoms with E-state index in [2.05, 4.69) is 48.5 Å². The molecule has 0 saturated carbocycles. The second-order valence-electron chi connectivity index (χ2n) is 6.21. The van der Waals surface area contributed by atoms with Crippen molar-refractivity contribution in [3.8, 4) is 0 Å². The summed E-state index contributed by atoms with van der Waals surface area (Å²) in [5.41, 5.74) is 9.92. The number of aliphatic imine (C=N–C) groups is 1. The summed E-state index contributed by atoms with van der Waals surface area (Å²) in [6, 6.07) is 0. The van der Waals surface area contributed by atoms with E-state index in [1.54, 1.807) is 0 Å². The lowest BCUT2D eigenvalue weighted by Crippen LogP contribution is -2.07. The van der Waals surface area contributed by atoms with Crippen LogP contribution in [0.5, 0.6) is 0 Å². The van der Waals surface area contributed by atoms with E-state index in [9.17, 15) is 0 Å². The minimum Gasteiger partial charge on any atom is -0.257 e. The van der Waals surface area contributed by atoms with Crippen molar-refractivity contribution in [3.05, 3.63) is 27.8 Å². The molecular formula is C17H25N. The third kappa shape index (κ3) is 1.90. The van der Waals surface area contributed by atoms with Crippen LogP contribution >= 0.6 is 0 Å². The van der Waals surface area contributed by atoms with Crippen LogP contribution < -0.4 is 0 Å². The number of fused-ring (bicyclic) bond motifs is 1. The number of hydrogen-bond donors (Lipinski definition) is 0. The van der Waals surface area contributed by atoms with Crippen LogP contribution in [0.25, 0.3) is 0 Å². The summed E-state index contributed by atoms with van der Waals surface area (Å²) in [5, 5.41) is 0. The summed E-state index contributed by atoms with van der Waals surface area (Å²) in [5.74, 6) is 1.13. The van der Waals surface area contributed by atoms with E-state index >= 15 is 0 Å². The highest BCUT2D eigenvalue weighted by Gasteiger charge is 2.24. The van der Waals surface area contributed by atoms with E-state index in [-0.39, 0.29) is 0 Å². The highest BCUT2D eigenvalue weighted by Crippen LogP contribution is 2.40. The Hall–Kier alpha value is -1.11. The van der Waals surface area contributed by atoms with Crippen molar-refractivity contribution in [2.45, 2.75) is 60.8 Å². The van der Waals surface area contributed by atoms with Gasteiger partial charge in [-0.05, 0) is 60.4 Å². The van der Waals surface area contributed by atoms with Crippen LogP contribution in [0.2, 0.25) is 0 Å². The second kappa shape index (κ2) is 4.53. The maximum atomic E-state index is 4.91. The molecule has 0 fully saturated rings. The predicted octanol–water partition coefficient (Wildman–Crippen LogP) is 5.02. The second-order valence-corrected chi connectivity index (χ2v) is 6.21. The van der Waals surface area contributed by atoms with Crippen molar-refractivity contribution >= 4 is 11.4 Å². The molecule has 98 valence electrons. The van der Waals surface area contributed by atoms with Gasteiger partial charge in [-0.25, -0.2) is 0 Å². The van der Waals surface area contributed by atoms with Crippen LogP contribution in [0.1, 0.15) is 61.4 Å². The molecule has 1 nitrogen and oxygen atoms in total. The quantitative estimate of drug-likeness (QED) is 0.691. The summed E-state index contributed by atoms with van der Waals surface area (Å²) in [6.07, 6.45) is 1.05. The summed E-state index contributed by atoms with van der Waals surface area (Å²) < 4.78 is 0. The summed E-state index contributed by atoms with van der Waals surface area (Å²) >= 11 is 0. The Kier molecular flexibility index (Phi) is 3.35. The lowest BCUT2D eigenvalue weighted by atomic mass is 9.85. The minimum atomic E-state index is 0.555.